The number of carbonyl (C=O) groups is 1. The number of aryl methyl sites for hydroxylation is 2. The van der Waals surface area contributed by atoms with Crippen molar-refractivity contribution in [2.24, 2.45) is 5.73 Å². The van der Waals surface area contributed by atoms with Crippen molar-refractivity contribution in [3.63, 3.8) is 0 Å². The monoisotopic (exact) mass is 365 g/mol. The molecule has 3 heterocycles. The van der Waals surface area contributed by atoms with E-state index in [9.17, 15) is 4.79 Å². The number of nitrogens with zero attached hydrogens (tertiary/aromatic N) is 3. The number of fused-ring (bicyclic) bond motifs is 1. The van der Waals surface area contributed by atoms with Gasteiger partial charge in [-0.15, -0.1) is 16.4 Å². The van der Waals surface area contributed by atoms with Crippen LogP contribution in [0.3, 0.4) is 0 Å². The summed E-state index contributed by atoms with van der Waals surface area (Å²) in [7, 11) is 0. The van der Waals surface area contributed by atoms with E-state index in [0.717, 1.165) is 21.6 Å². The second kappa shape index (κ2) is 6.10. The van der Waals surface area contributed by atoms with Gasteiger partial charge in [0.15, 0.2) is 5.82 Å². The Kier molecular flexibility index (Phi) is 3.88. The highest BCUT2D eigenvalue weighted by Gasteiger charge is 2.34. The van der Waals surface area contributed by atoms with Crippen LogP contribution < -0.4 is 11.1 Å². The van der Waals surface area contributed by atoms with E-state index in [-0.39, 0.29) is 6.04 Å². The number of hydrogen-bond donors (Lipinski definition) is 2. The van der Waals surface area contributed by atoms with Crippen LogP contribution in [0.2, 0.25) is 0 Å². The van der Waals surface area contributed by atoms with E-state index in [1.807, 2.05) is 56.5 Å². The zero-order chi connectivity index (χ0) is 18.4. The number of amides is 1. The van der Waals surface area contributed by atoms with Gasteiger partial charge in [0, 0.05) is 16.1 Å². The zero-order valence-corrected chi connectivity index (χ0v) is 15.6. The van der Waals surface area contributed by atoms with Crippen LogP contribution in [0.25, 0.3) is 11.4 Å². The van der Waals surface area contributed by atoms with E-state index in [1.165, 1.54) is 0 Å². The summed E-state index contributed by atoms with van der Waals surface area (Å²) >= 11 is 1.59. The molecule has 1 aliphatic heterocycles. The Labute approximate surface area is 155 Å². The van der Waals surface area contributed by atoms with Gasteiger partial charge in [0.2, 0.25) is 11.9 Å². The molecule has 0 bridgehead atoms. The van der Waals surface area contributed by atoms with E-state index >= 15 is 0 Å². The lowest BCUT2D eigenvalue weighted by Gasteiger charge is -2.27. The highest BCUT2D eigenvalue weighted by atomic mass is 32.1. The number of allylic oxidation sites excluding steroid dienone is 1. The maximum absolute atomic E-state index is 12.2. The summed E-state index contributed by atoms with van der Waals surface area (Å²) in [5.74, 6) is 0.779. The number of thiophene rings is 1. The largest absolute Gasteiger partial charge is 0.366 e. The first kappa shape index (κ1) is 16.5. The van der Waals surface area contributed by atoms with Gasteiger partial charge in [-0.3, -0.25) is 4.79 Å². The zero-order valence-electron chi connectivity index (χ0n) is 14.8. The summed E-state index contributed by atoms with van der Waals surface area (Å²) in [6, 6.07) is 9.71. The van der Waals surface area contributed by atoms with Crippen molar-refractivity contribution in [2.45, 2.75) is 26.8 Å². The second-order valence-electron chi connectivity index (χ2n) is 6.47. The van der Waals surface area contributed by atoms with E-state index in [4.69, 9.17) is 10.8 Å². The fraction of sp³-hybridized carbons (Fsp3) is 0.211. The highest BCUT2D eigenvalue weighted by Crippen LogP contribution is 2.39. The van der Waals surface area contributed by atoms with Crippen LogP contribution >= 0.6 is 11.3 Å². The van der Waals surface area contributed by atoms with Gasteiger partial charge >= 0.3 is 0 Å². The molecule has 0 aliphatic carbocycles. The lowest BCUT2D eigenvalue weighted by molar-refractivity contribution is -0.115. The number of anilines is 1. The molecule has 1 unspecified atom stereocenters. The van der Waals surface area contributed by atoms with Crippen molar-refractivity contribution in [1.82, 2.24) is 14.8 Å². The summed E-state index contributed by atoms with van der Waals surface area (Å²) in [5.41, 5.74) is 10.1. The molecule has 1 atom stereocenters. The lowest BCUT2D eigenvalue weighted by Crippen LogP contribution is -2.31. The van der Waals surface area contributed by atoms with Gasteiger partial charge < -0.3 is 11.1 Å². The molecule has 0 spiro atoms. The van der Waals surface area contributed by atoms with E-state index < -0.39 is 5.91 Å². The Balaban J connectivity index is 1.90. The third-order valence-electron chi connectivity index (χ3n) is 4.54. The number of benzene rings is 1. The normalized spacial score (nSPS) is 16.3. The maximum Gasteiger partial charge on any atom is 0.248 e. The first-order valence-corrected chi connectivity index (χ1v) is 9.19. The van der Waals surface area contributed by atoms with Gasteiger partial charge in [0.25, 0.3) is 0 Å². The number of carbonyl (C=O) groups excluding carboxylic acids is 1. The van der Waals surface area contributed by atoms with Crippen molar-refractivity contribution in [2.75, 3.05) is 5.32 Å². The van der Waals surface area contributed by atoms with Gasteiger partial charge in [-0.1, -0.05) is 23.8 Å². The van der Waals surface area contributed by atoms with Crippen molar-refractivity contribution < 1.29 is 4.79 Å². The molecular weight excluding hydrogens is 346 g/mol. The average Bonchev–Trinajstić information content (AvgIpc) is 3.19. The molecule has 26 heavy (non-hydrogen) atoms. The molecule has 132 valence electrons. The van der Waals surface area contributed by atoms with Gasteiger partial charge in [0.05, 0.1) is 5.57 Å². The number of hydrogen-bond acceptors (Lipinski definition) is 5. The molecule has 6 nitrogen and oxygen atoms in total. The van der Waals surface area contributed by atoms with Gasteiger partial charge in [-0.05, 0) is 43.8 Å². The smallest absolute Gasteiger partial charge is 0.248 e. The third kappa shape index (κ3) is 2.61. The van der Waals surface area contributed by atoms with E-state index in [1.54, 1.807) is 16.0 Å². The molecule has 0 saturated carbocycles. The summed E-state index contributed by atoms with van der Waals surface area (Å²) < 4.78 is 1.77. The maximum atomic E-state index is 12.2. The SMILES string of the molecule is CC1=C(C(N)=O)C(c2sccc2C)n2nc(-c3cccc(C)c3)nc2N1. The van der Waals surface area contributed by atoms with Crippen molar-refractivity contribution in [3.05, 3.63) is 63.0 Å². The van der Waals surface area contributed by atoms with Crippen molar-refractivity contribution >= 4 is 23.2 Å². The molecule has 4 rings (SSSR count). The number of rotatable bonds is 3. The first-order chi connectivity index (χ1) is 12.5. The topological polar surface area (TPSA) is 85.8 Å². The van der Waals surface area contributed by atoms with Crippen LogP contribution in [0.4, 0.5) is 5.95 Å². The summed E-state index contributed by atoms with van der Waals surface area (Å²) in [5, 5.41) is 9.91. The molecule has 0 fully saturated rings. The molecular formula is C19H19N5OS. The standard InChI is InChI=1S/C19H19N5OS/c1-10-5-4-6-13(9-10)18-22-19-21-12(3)14(17(20)25)15(24(19)23-18)16-11(2)7-8-26-16/h4-9,15H,1-3H3,(H2,20,25)(H,21,22,23). The van der Waals surface area contributed by atoms with Crippen molar-refractivity contribution in [3.8, 4) is 11.4 Å². The van der Waals surface area contributed by atoms with Gasteiger partial charge in [-0.25, -0.2) is 4.68 Å². The Bertz CT molecular complexity index is 1050. The predicted molar refractivity (Wildman–Crippen MR) is 103 cm³/mol. The molecule has 7 heteroatoms. The Hall–Kier alpha value is -2.93. The summed E-state index contributed by atoms with van der Waals surface area (Å²) in [6.07, 6.45) is 0. The number of aromatic nitrogens is 3. The minimum absolute atomic E-state index is 0.366. The molecule has 2 aromatic heterocycles. The molecule has 3 N–H and O–H groups in total. The van der Waals surface area contributed by atoms with Crippen LogP contribution in [-0.2, 0) is 4.79 Å². The summed E-state index contributed by atoms with van der Waals surface area (Å²) in [4.78, 5) is 17.9. The fourth-order valence-corrected chi connectivity index (χ4v) is 4.30. The van der Waals surface area contributed by atoms with E-state index in [0.29, 0.717) is 23.0 Å². The Morgan fingerprint density at radius 2 is 2.08 bits per heavy atom. The van der Waals surface area contributed by atoms with Crippen LogP contribution in [0, 0.1) is 13.8 Å². The highest BCUT2D eigenvalue weighted by molar-refractivity contribution is 7.10. The second-order valence-corrected chi connectivity index (χ2v) is 7.42. The average molecular weight is 365 g/mol. The minimum atomic E-state index is -0.453. The summed E-state index contributed by atoms with van der Waals surface area (Å²) in [6.45, 7) is 5.91. The molecule has 1 amide bonds. The quantitative estimate of drug-likeness (QED) is 0.745. The molecule has 1 aliphatic rings. The van der Waals surface area contributed by atoms with Crippen molar-refractivity contribution in [1.29, 1.82) is 0 Å². The van der Waals surface area contributed by atoms with Crippen LogP contribution in [0.1, 0.15) is 29.0 Å². The lowest BCUT2D eigenvalue weighted by atomic mass is 9.99. The predicted octanol–water partition coefficient (Wildman–Crippen LogP) is 3.40. The number of nitrogens with two attached hydrogens (primary N) is 1. The molecule has 0 saturated heterocycles. The molecule has 1 aromatic carbocycles. The first-order valence-electron chi connectivity index (χ1n) is 8.31. The van der Waals surface area contributed by atoms with E-state index in [2.05, 4.69) is 10.3 Å². The minimum Gasteiger partial charge on any atom is -0.366 e. The van der Waals surface area contributed by atoms with Crippen LogP contribution in [0.5, 0.6) is 0 Å². The van der Waals surface area contributed by atoms with Gasteiger partial charge in [0.1, 0.15) is 6.04 Å². The third-order valence-corrected chi connectivity index (χ3v) is 5.62. The van der Waals surface area contributed by atoms with Gasteiger partial charge in [-0.2, -0.15) is 4.98 Å². The number of nitrogens with one attached hydrogen (secondary N) is 1. The fourth-order valence-electron chi connectivity index (χ4n) is 3.28. The molecule has 3 aromatic rings. The Morgan fingerprint density at radius 3 is 2.73 bits per heavy atom. The number of primary amides is 1. The Morgan fingerprint density at radius 1 is 1.27 bits per heavy atom. The van der Waals surface area contributed by atoms with Crippen LogP contribution in [-0.4, -0.2) is 20.7 Å². The van der Waals surface area contributed by atoms with Crippen LogP contribution in [0.15, 0.2) is 47.0 Å². The molecule has 0 radical (unpaired) electrons.